The summed E-state index contributed by atoms with van der Waals surface area (Å²) in [6.07, 6.45) is 1.33. The zero-order valence-electron chi connectivity index (χ0n) is 13.6. The maximum Gasteiger partial charge on any atom is 0.337 e. The first-order valence-electron chi connectivity index (χ1n) is 7.89. The molecule has 4 rings (SSSR count). The number of carboxylic acids is 1. The Morgan fingerprint density at radius 3 is 2.52 bits per heavy atom. The largest absolute Gasteiger partial charge is 0.478 e. The van der Waals surface area contributed by atoms with Crippen LogP contribution in [0.4, 0.5) is 0 Å². The van der Waals surface area contributed by atoms with E-state index in [1.54, 1.807) is 36.4 Å². The molecule has 0 fully saturated rings. The van der Waals surface area contributed by atoms with Crippen molar-refractivity contribution in [2.24, 2.45) is 0 Å². The molecule has 2 aromatic heterocycles. The third-order valence-electron chi connectivity index (χ3n) is 4.17. The number of furan rings is 1. The highest BCUT2D eigenvalue weighted by atomic mass is 79.9. The Labute approximate surface area is 170 Å². The minimum absolute atomic E-state index is 0.0707. The number of carbonyl (C=O) groups is 2. The predicted octanol–water partition coefficient (Wildman–Crippen LogP) is 5.81. The molecule has 0 aliphatic heterocycles. The van der Waals surface area contributed by atoms with Gasteiger partial charge in [0.05, 0.1) is 11.1 Å². The van der Waals surface area contributed by atoms with E-state index in [0.717, 1.165) is 14.5 Å². The Balaban J connectivity index is 1.78. The molecule has 7 heteroatoms. The number of carbonyl (C=O) groups excluding carboxylic acids is 1. The molecule has 4 aromatic rings. The first kappa shape index (κ1) is 17.8. The van der Waals surface area contributed by atoms with Crippen molar-refractivity contribution in [3.05, 3.63) is 81.1 Å². The highest BCUT2D eigenvalue weighted by Gasteiger charge is 2.21. The molecule has 0 atom stereocenters. The lowest BCUT2D eigenvalue weighted by atomic mass is 10.2. The molecule has 0 aliphatic rings. The van der Waals surface area contributed by atoms with Crippen molar-refractivity contribution >= 4 is 54.6 Å². The quantitative estimate of drug-likeness (QED) is 0.394. The van der Waals surface area contributed by atoms with Crippen LogP contribution < -0.4 is 0 Å². The molecule has 2 heterocycles. The van der Waals surface area contributed by atoms with Gasteiger partial charge in [-0.2, -0.15) is 0 Å². The van der Waals surface area contributed by atoms with E-state index in [9.17, 15) is 14.7 Å². The van der Waals surface area contributed by atoms with Gasteiger partial charge in [0, 0.05) is 26.1 Å². The molecule has 0 aliphatic carbocycles. The summed E-state index contributed by atoms with van der Waals surface area (Å²) in [5, 5.41) is 9.90. The van der Waals surface area contributed by atoms with Crippen LogP contribution in [0.3, 0.4) is 0 Å². The molecule has 0 saturated carbocycles. The first-order chi connectivity index (χ1) is 13.0. The SMILES string of the molecule is O=C(O)c1cn(C(=O)c2ccc(-c3ccc(Br)cc3Br)o2)c2ccccc12. The normalized spacial score (nSPS) is 11.0. The second-order valence-electron chi connectivity index (χ2n) is 5.83. The van der Waals surface area contributed by atoms with E-state index in [1.165, 1.54) is 10.8 Å². The summed E-state index contributed by atoms with van der Waals surface area (Å²) in [6.45, 7) is 0. The first-order valence-corrected chi connectivity index (χ1v) is 9.47. The van der Waals surface area contributed by atoms with E-state index >= 15 is 0 Å². The van der Waals surface area contributed by atoms with Gasteiger partial charge in [-0.05, 0) is 52.3 Å². The maximum atomic E-state index is 12.9. The summed E-state index contributed by atoms with van der Waals surface area (Å²) < 4.78 is 8.81. The van der Waals surface area contributed by atoms with E-state index in [0.29, 0.717) is 16.7 Å². The summed E-state index contributed by atoms with van der Waals surface area (Å²) in [4.78, 5) is 24.4. The van der Waals surface area contributed by atoms with Gasteiger partial charge in [-0.25, -0.2) is 4.79 Å². The summed E-state index contributed by atoms with van der Waals surface area (Å²) in [5.41, 5.74) is 1.39. The average Bonchev–Trinajstić information content (AvgIpc) is 3.26. The van der Waals surface area contributed by atoms with Gasteiger partial charge < -0.3 is 9.52 Å². The van der Waals surface area contributed by atoms with Gasteiger partial charge in [-0.3, -0.25) is 9.36 Å². The lowest BCUT2D eigenvalue weighted by Crippen LogP contribution is -2.09. The summed E-state index contributed by atoms with van der Waals surface area (Å²) in [7, 11) is 0. The van der Waals surface area contributed by atoms with E-state index in [4.69, 9.17) is 4.42 Å². The van der Waals surface area contributed by atoms with Crippen molar-refractivity contribution in [3.8, 4) is 11.3 Å². The second kappa shape index (κ2) is 6.83. The van der Waals surface area contributed by atoms with Crippen molar-refractivity contribution in [3.63, 3.8) is 0 Å². The maximum absolute atomic E-state index is 12.9. The molecule has 2 aromatic carbocycles. The molecular weight excluding hydrogens is 478 g/mol. The third kappa shape index (κ3) is 3.13. The number of hydrogen-bond donors (Lipinski definition) is 1. The van der Waals surface area contributed by atoms with Gasteiger partial charge in [0.25, 0.3) is 5.91 Å². The lowest BCUT2D eigenvalue weighted by Gasteiger charge is -2.03. The van der Waals surface area contributed by atoms with Crippen LogP contribution in [0.5, 0.6) is 0 Å². The fraction of sp³-hybridized carbons (Fsp3) is 0. The molecule has 1 N–H and O–H groups in total. The molecule has 0 saturated heterocycles. The van der Waals surface area contributed by atoms with Crippen LogP contribution in [0, 0.1) is 0 Å². The van der Waals surface area contributed by atoms with E-state index in [-0.39, 0.29) is 11.3 Å². The number of nitrogens with zero attached hydrogens (tertiary/aromatic N) is 1. The van der Waals surface area contributed by atoms with E-state index in [2.05, 4.69) is 31.9 Å². The highest BCUT2D eigenvalue weighted by Crippen LogP contribution is 2.32. The molecule has 0 spiro atoms. The molecule has 0 bridgehead atoms. The lowest BCUT2D eigenvalue weighted by molar-refractivity contribution is 0.0699. The molecule has 27 heavy (non-hydrogen) atoms. The van der Waals surface area contributed by atoms with Gasteiger partial charge in [-0.1, -0.05) is 34.1 Å². The zero-order valence-corrected chi connectivity index (χ0v) is 16.8. The van der Waals surface area contributed by atoms with Crippen LogP contribution in [-0.2, 0) is 0 Å². The predicted molar refractivity (Wildman–Crippen MR) is 108 cm³/mol. The fourth-order valence-corrected chi connectivity index (χ4v) is 4.17. The number of halogens is 2. The minimum Gasteiger partial charge on any atom is -0.478 e. The highest BCUT2D eigenvalue weighted by molar-refractivity contribution is 9.11. The van der Waals surface area contributed by atoms with Crippen LogP contribution in [0.15, 0.2) is 74.2 Å². The van der Waals surface area contributed by atoms with Crippen LogP contribution in [0.1, 0.15) is 20.9 Å². The molecule has 0 amide bonds. The number of rotatable bonds is 3. The Morgan fingerprint density at radius 2 is 1.78 bits per heavy atom. The standard InChI is InChI=1S/C20H11Br2NO4/c21-11-5-6-13(15(22)9-11)17-7-8-18(27-17)19(24)23-10-14(20(25)26)12-3-1-2-4-16(12)23/h1-10H,(H,25,26). The topological polar surface area (TPSA) is 72.4 Å². The average molecular weight is 489 g/mol. The Hall–Kier alpha value is -2.64. The van der Waals surface area contributed by atoms with Crippen molar-refractivity contribution < 1.29 is 19.1 Å². The minimum atomic E-state index is -1.09. The monoisotopic (exact) mass is 487 g/mol. The number of hydrogen-bond acceptors (Lipinski definition) is 3. The number of benzene rings is 2. The Bertz CT molecular complexity index is 1210. The van der Waals surface area contributed by atoms with Crippen LogP contribution >= 0.6 is 31.9 Å². The van der Waals surface area contributed by atoms with Crippen molar-refractivity contribution in [1.82, 2.24) is 4.57 Å². The van der Waals surface area contributed by atoms with Crippen LogP contribution in [0.2, 0.25) is 0 Å². The number of fused-ring (bicyclic) bond motifs is 1. The number of para-hydroxylation sites is 1. The molecule has 5 nitrogen and oxygen atoms in total. The van der Waals surface area contributed by atoms with Crippen molar-refractivity contribution in [2.45, 2.75) is 0 Å². The summed E-state index contributed by atoms with van der Waals surface area (Å²) in [5.74, 6) is -0.861. The van der Waals surface area contributed by atoms with Crippen molar-refractivity contribution in [1.29, 1.82) is 0 Å². The van der Waals surface area contributed by atoms with Gasteiger partial charge in [0.1, 0.15) is 5.76 Å². The zero-order chi connectivity index (χ0) is 19.1. The molecular formula is C20H11Br2NO4. The molecule has 0 radical (unpaired) electrons. The Kier molecular flexibility index (Phi) is 4.49. The van der Waals surface area contributed by atoms with E-state index in [1.807, 2.05) is 18.2 Å². The number of carboxylic acid groups (broad SMARTS) is 1. The summed E-state index contributed by atoms with van der Waals surface area (Å²) >= 11 is 6.88. The summed E-state index contributed by atoms with van der Waals surface area (Å²) in [6, 6.07) is 15.8. The van der Waals surface area contributed by atoms with Gasteiger partial charge in [0.2, 0.25) is 0 Å². The van der Waals surface area contributed by atoms with Gasteiger partial charge in [-0.15, -0.1) is 0 Å². The van der Waals surface area contributed by atoms with Gasteiger partial charge >= 0.3 is 5.97 Å². The Morgan fingerprint density at radius 1 is 1.00 bits per heavy atom. The fourth-order valence-electron chi connectivity index (χ4n) is 2.92. The number of aromatic nitrogens is 1. The van der Waals surface area contributed by atoms with Crippen LogP contribution in [-0.4, -0.2) is 21.6 Å². The second-order valence-corrected chi connectivity index (χ2v) is 7.60. The van der Waals surface area contributed by atoms with Crippen LogP contribution in [0.25, 0.3) is 22.2 Å². The third-order valence-corrected chi connectivity index (χ3v) is 5.32. The smallest absolute Gasteiger partial charge is 0.337 e. The molecule has 134 valence electrons. The van der Waals surface area contributed by atoms with Crippen molar-refractivity contribution in [2.75, 3.05) is 0 Å². The molecule has 0 unspecified atom stereocenters. The van der Waals surface area contributed by atoms with Gasteiger partial charge in [0.15, 0.2) is 5.76 Å². The number of aromatic carboxylic acids is 1. The van der Waals surface area contributed by atoms with E-state index < -0.39 is 11.9 Å².